The fourth-order valence-electron chi connectivity index (χ4n) is 3.33. The lowest BCUT2D eigenvalue weighted by atomic mass is 9.94. The summed E-state index contributed by atoms with van der Waals surface area (Å²) < 4.78 is 11.6. The maximum Gasteiger partial charge on any atom is 0.213 e. The number of nitrogens with one attached hydrogen (secondary N) is 2. The topological polar surface area (TPSA) is 74.9 Å². The van der Waals surface area contributed by atoms with E-state index in [-0.39, 0.29) is 41.5 Å². The van der Waals surface area contributed by atoms with Gasteiger partial charge >= 0.3 is 0 Å². The van der Waals surface area contributed by atoms with Gasteiger partial charge in [0.15, 0.2) is 5.96 Å². The molecule has 1 aliphatic heterocycles. The second kappa shape index (κ2) is 11.4. The van der Waals surface area contributed by atoms with Gasteiger partial charge in [-0.15, -0.1) is 35.3 Å². The molecule has 30 heavy (non-hydrogen) atoms. The molecular weight excluding hydrogens is 513 g/mol. The summed E-state index contributed by atoms with van der Waals surface area (Å²) in [5.74, 6) is 2.29. The van der Waals surface area contributed by atoms with Gasteiger partial charge in [0.2, 0.25) is 5.89 Å². The standard InChI is InChI=1S/C21H33N5O2S.HI/c1-15-14-26(8-9-27-15)16(17-7-6-10-29-17)11-24-20(22-5)25-13-19-23-12-18(28-19)21(2,3)4;/h6-7,10,12,15-16H,8-9,11,13-14H2,1-5H3,(H2,22,24,25);1H. The predicted octanol–water partition coefficient (Wildman–Crippen LogP) is 3.78. The molecule has 1 fully saturated rings. The fourth-order valence-corrected chi connectivity index (χ4v) is 4.19. The molecular formula is C21H34IN5O2S. The third kappa shape index (κ3) is 6.93. The summed E-state index contributed by atoms with van der Waals surface area (Å²) in [5, 5.41) is 8.91. The second-order valence-corrected chi connectivity index (χ2v) is 9.36. The zero-order chi connectivity index (χ0) is 20.9. The number of hydrogen-bond donors (Lipinski definition) is 2. The minimum atomic E-state index is -0.0472. The Hall–Kier alpha value is -1.17. The van der Waals surface area contributed by atoms with Crippen LogP contribution in [0.3, 0.4) is 0 Å². The van der Waals surface area contributed by atoms with Crippen molar-refractivity contribution in [3.05, 3.63) is 40.2 Å². The number of halogens is 1. The summed E-state index contributed by atoms with van der Waals surface area (Å²) in [5.41, 5.74) is -0.0472. The van der Waals surface area contributed by atoms with Crippen LogP contribution in [-0.4, -0.2) is 55.2 Å². The zero-order valence-electron chi connectivity index (χ0n) is 18.5. The van der Waals surface area contributed by atoms with E-state index in [1.54, 1.807) is 24.6 Å². The highest BCUT2D eigenvalue weighted by atomic mass is 127. The summed E-state index contributed by atoms with van der Waals surface area (Å²) in [7, 11) is 1.78. The van der Waals surface area contributed by atoms with Crippen LogP contribution in [0.4, 0.5) is 0 Å². The number of rotatable bonds is 6. The first-order valence-electron chi connectivity index (χ1n) is 10.2. The van der Waals surface area contributed by atoms with Crippen LogP contribution in [-0.2, 0) is 16.7 Å². The molecule has 1 saturated heterocycles. The van der Waals surface area contributed by atoms with Gasteiger partial charge in [-0.25, -0.2) is 4.98 Å². The first-order chi connectivity index (χ1) is 13.9. The van der Waals surface area contributed by atoms with E-state index < -0.39 is 0 Å². The number of ether oxygens (including phenoxy) is 1. The number of morpholine rings is 1. The summed E-state index contributed by atoms with van der Waals surface area (Å²) in [6, 6.07) is 4.60. The molecule has 3 heterocycles. The number of oxazole rings is 1. The first kappa shape index (κ1) is 25.1. The molecule has 0 aromatic carbocycles. The highest BCUT2D eigenvalue weighted by molar-refractivity contribution is 14.0. The van der Waals surface area contributed by atoms with Gasteiger partial charge in [-0.3, -0.25) is 9.89 Å². The summed E-state index contributed by atoms with van der Waals surface area (Å²) in [4.78, 5) is 12.6. The van der Waals surface area contributed by atoms with Crippen LogP contribution in [0.2, 0.25) is 0 Å². The van der Waals surface area contributed by atoms with Crippen molar-refractivity contribution >= 4 is 41.3 Å². The number of aliphatic imine (C=N–C) groups is 1. The maximum atomic E-state index is 5.86. The highest BCUT2D eigenvalue weighted by Crippen LogP contribution is 2.26. The second-order valence-electron chi connectivity index (χ2n) is 8.38. The molecule has 0 spiro atoms. The normalized spacial score (nSPS) is 19.2. The van der Waals surface area contributed by atoms with Crippen LogP contribution < -0.4 is 10.6 Å². The van der Waals surface area contributed by atoms with Gasteiger partial charge in [0.25, 0.3) is 0 Å². The molecule has 3 rings (SSSR count). The predicted molar refractivity (Wildman–Crippen MR) is 133 cm³/mol. The van der Waals surface area contributed by atoms with E-state index in [0.717, 1.165) is 38.0 Å². The Bertz CT molecular complexity index is 788. The monoisotopic (exact) mass is 547 g/mol. The molecule has 7 nitrogen and oxygen atoms in total. The lowest BCUT2D eigenvalue weighted by molar-refractivity contribution is -0.0334. The minimum Gasteiger partial charge on any atom is -0.443 e. The Morgan fingerprint density at radius 3 is 2.80 bits per heavy atom. The Balaban J connectivity index is 0.00000320. The summed E-state index contributed by atoms with van der Waals surface area (Å²) in [6.07, 6.45) is 2.06. The maximum absolute atomic E-state index is 5.86. The molecule has 2 N–H and O–H groups in total. The molecule has 0 bridgehead atoms. The van der Waals surface area contributed by atoms with Crippen molar-refractivity contribution in [2.24, 2.45) is 4.99 Å². The SMILES string of the molecule is CN=C(NCc1ncc(C(C)(C)C)o1)NCC(c1cccs1)N1CCOC(C)C1.I. The molecule has 2 aromatic rings. The molecule has 168 valence electrons. The average Bonchev–Trinajstić information content (AvgIpc) is 3.36. The Kier molecular flexibility index (Phi) is 9.58. The molecule has 0 amide bonds. The number of aromatic nitrogens is 1. The quantitative estimate of drug-likeness (QED) is 0.326. The smallest absolute Gasteiger partial charge is 0.213 e. The molecule has 1 aliphatic rings. The van der Waals surface area contributed by atoms with Crippen molar-refractivity contribution < 1.29 is 9.15 Å². The third-order valence-electron chi connectivity index (χ3n) is 4.97. The van der Waals surface area contributed by atoms with E-state index in [0.29, 0.717) is 12.4 Å². The van der Waals surface area contributed by atoms with Gasteiger partial charge < -0.3 is 19.8 Å². The molecule has 0 radical (unpaired) electrons. The average molecular weight is 548 g/mol. The largest absolute Gasteiger partial charge is 0.443 e. The van der Waals surface area contributed by atoms with Crippen molar-refractivity contribution in [2.45, 2.75) is 51.8 Å². The third-order valence-corrected chi connectivity index (χ3v) is 5.94. The molecule has 2 aromatic heterocycles. The molecule has 0 aliphatic carbocycles. The van der Waals surface area contributed by atoms with E-state index in [2.05, 4.69) is 70.7 Å². The van der Waals surface area contributed by atoms with Crippen molar-refractivity contribution in [3.63, 3.8) is 0 Å². The van der Waals surface area contributed by atoms with E-state index in [1.807, 2.05) is 0 Å². The minimum absolute atomic E-state index is 0. The molecule has 0 saturated carbocycles. The summed E-state index contributed by atoms with van der Waals surface area (Å²) >= 11 is 1.79. The number of guanidine groups is 1. The lowest BCUT2D eigenvalue weighted by Gasteiger charge is -2.37. The number of thiophene rings is 1. The van der Waals surface area contributed by atoms with Crippen LogP contribution in [0.15, 0.2) is 33.1 Å². The van der Waals surface area contributed by atoms with E-state index >= 15 is 0 Å². The lowest BCUT2D eigenvalue weighted by Crippen LogP contribution is -2.47. The summed E-state index contributed by atoms with van der Waals surface area (Å²) in [6.45, 7) is 12.4. The van der Waals surface area contributed by atoms with Gasteiger partial charge in [0.05, 0.1) is 31.5 Å². The number of hydrogen-bond acceptors (Lipinski definition) is 6. The van der Waals surface area contributed by atoms with Gasteiger partial charge in [-0.2, -0.15) is 0 Å². The van der Waals surface area contributed by atoms with Crippen LogP contribution in [0.5, 0.6) is 0 Å². The molecule has 2 unspecified atom stereocenters. The van der Waals surface area contributed by atoms with Gasteiger partial charge in [0, 0.05) is 37.0 Å². The van der Waals surface area contributed by atoms with Crippen molar-refractivity contribution in [1.29, 1.82) is 0 Å². The first-order valence-corrected chi connectivity index (χ1v) is 11.0. The molecule has 9 heteroatoms. The van der Waals surface area contributed by atoms with E-state index in [4.69, 9.17) is 9.15 Å². The Morgan fingerprint density at radius 1 is 1.40 bits per heavy atom. The van der Waals surface area contributed by atoms with Crippen LogP contribution in [0.25, 0.3) is 0 Å². The van der Waals surface area contributed by atoms with Gasteiger partial charge in [-0.05, 0) is 18.4 Å². The van der Waals surface area contributed by atoms with Gasteiger partial charge in [0.1, 0.15) is 5.76 Å². The van der Waals surface area contributed by atoms with Crippen molar-refractivity contribution in [1.82, 2.24) is 20.5 Å². The van der Waals surface area contributed by atoms with Crippen LogP contribution in [0.1, 0.15) is 50.3 Å². The van der Waals surface area contributed by atoms with E-state index in [1.165, 1.54) is 4.88 Å². The van der Waals surface area contributed by atoms with Crippen molar-refractivity contribution in [3.8, 4) is 0 Å². The van der Waals surface area contributed by atoms with E-state index in [9.17, 15) is 0 Å². The number of nitrogens with zero attached hydrogens (tertiary/aromatic N) is 3. The van der Waals surface area contributed by atoms with Gasteiger partial charge in [-0.1, -0.05) is 26.8 Å². The fraction of sp³-hybridized carbons (Fsp3) is 0.619. The highest BCUT2D eigenvalue weighted by Gasteiger charge is 2.26. The zero-order valence-corrected chi connectivity index (χ0v) is 21.6. The van der Waals surface area contributed by atoms with Crippen LogP contribution in [0, 0.1) is 0 Å². The Morgan fingerprint density at radius 2 is 2.20 bits per heavy atom. The molecule has 2 atom stereocenters. The van der Waals surface area contributed by atoms with Crippen molar-refractivity contribution in [2.75, 3.05) is 33.3 Å². The Labute approximate surface area is 200 Å². The van der Waals surface area contributed by atoms with Crippen LogP contribution >= 0.6 is 35.3 Å².